The molecule has 1 heterocycles. The molecule has 144 valence electrons. The predicted molar refractivity (Wildman–Crippen MR) is 115 cm³/mol. The molecule has 1 atom stereocenters. The van der Waals surface area contributed by atoms with E-state index in [0.29, 0.717) is 5.56 Å². The van der Waals surface area contributed by atoms with Crippen LogP contribution in [0.5, 0.6) is 0 Å². The van der Waals surface area contributed by atoms with Crippen LogP contribution in [0.15, 0.2) is 53.0 Å². The number of halogens is 1. The van der Waals surface area contributed by atoms with Crippen molar-refractivity contribution in [3.63, 3.8) is 0 Å². The molecule has 3 nitrogen and oxygen atoms in total. The number of carbonyl (C=O) groups is 1. The molecule has 1 amide bonds. The number of likely N-dealkylation sites (tertiary alicyclic amines) is 1. The largest absolute Gasteiger partial charge is 0.343 e. The Balaban J connectivity index is 1.94. The van der Waals surface area contributed by atoms with Gasteiger partial charge in [0.2, 0.25) is 0 Å². The average Bonchev–Trinajstić information content (AvgIpc) is 2.67. The highest BCUT2D eigenvalue weighted by molar-refractivity contribution is 9.10. The summed E-state index contributed by atoms with van der Waals surface area (Å²) < 4.78 is 0.836. The summed E-state index contributed by atoms with van der Waals surface area (Å²) in [6.07, 6.45) is 3.75. The maximum Gasteiger partial charge on any atom is 0.253 e. The number of hydrogen-bond donors (Lipinski definition) is 1. The molecule has 1 aliphatic heterocycles. The summed E-state index contributed by atoms with van der Waals surface area (Å²) in [4.78, 5) is 15.8. The molecule has 2 aromatic carbocycles. The van der Waals surface area contributed by atoms with Crippen molar-refractivity contribution < 1.29 is 4.79 Å². The Bertz CT molecular complexity index is 762. The summed E-state index contributed by atoms with van der Waals surface area (Å²) in [5, 5.41) is 3.36. The Hall–Kier alpha value is -1.65. The van der Waals surface area contributed by atoms with Gasteiger partial charge in [0.05, 0.1) is 11.6 Å². The lowest BCUT2D eigenvalue weighted by Crippen LogP contribution is -2.55. The molecule has 1 N–H and O–H groups in total. The molecule has 27 heavy (non-hydrogen) atoms. The first kappa shape index (κ1) is 20.1. The van der Waals surface area contributed by atoms with Gasteiger partial charge in [-0.25, -0.2) is 0 Å². The van der Waals surface area contributed by atoms with Crippen LogP contribution in [-0.2, 0) is 0 Å². The molecule has 1 unspecified atom stereocenters. The van der Waals surface area contributed by atoms with E-state index in [-0.39, 0.29) is 17.5 Å². The molecule has 0 radical (unpaired) electrons. The van der Waals surface area contributed by atoms with E-state index in [1.54, 1.807) is 0 Å². The van der Waals surface area contributed by atoms with E-state index < -0.39 is 0 Å². The quantitative estimate of drug-likeness (QED) is 0.682. The lowest BCUT2D eigenvalue weighted by molar-refractivity contribution is 0.0546. The third-order valence-electron chi connectivity index (χ3n) is 5.73. The zero-order valence-electron chi connectivity index (χ0n) is 16.5. The van der Waals surface area contributed by atoms with Crippen molar-refractivity contribution in [1.29, 1.82) is 0 Å². The minimum absolute atomic E-state index is 0.0288. The van der Waals surface area contributed by atoms with Gasteiger partial charge in [-0.1, -0.05) is 48.9 Å². The van der Waals surface area contributed by atoms with Gasteiger partial charge < -0.3 is 5.32 Å². The number of carbonyl (C=O) groups excluding carboxylic acids is 1. The molecular formula is C23H29BrN2O. The van der Waals surface area contributed by atoms with Crippen LogP contribution in [0.2, 0.25) is 0 Å². The summed E-state index contributed by atoms with van der Waals surface area (Å²) in [5.41, 5.74) is 2.66. The Labute approximate surface area is 171 Å². The first-order valence-corrected chi connectivity index (χ1v) is 10.6. The Morgan fingerprint density at radius 2 is 1.70 bits per heavy atom. The molecule has 0 spiro atoms. The number of aryl methyl sites for hydroxylation is 1. The molecule has 0 saturated carbocycles. The zero-order chi connectivity index (χ0) is 19.4. The number of rotatable bonds is 5. The van der Waals surface area contributed by atoms with Gasteiger partial charge in [0, 0.05) is 10.0 Å². The zero-order valence-corrected chi connectivity index (χ0v) is 18.1. The highest BCUT2D eigenvalue weighted by Gasteiger charge is 2.38. The van der Waals surface area contributed by atoms with Gasteiger partial charge in [-0.05, 0) is 79.8 Å². The maximum atomic E-state index is 13.2. The van der Waals surface area contributed by atoms with Crippen LogP contribution in [0.4, 0.5) is 0 Å². The molecule has 1 saturated heterocycles. The van der Waals surface area contributed by atoms with Gasteiger partial charge in [-0.15, -0.1) is 0 Å². The van der Waals surface area contributed by atoms with Crippen molar-refractivity contribution in [3.8, 4) is 0 Å². The molecule has 2 aromatic rings. The first-order valence-electron chi connectivity index (χ1n) is 9.77. The first-order chi connectivity index (χ1) is 12.9. The van der Waals surface area contributed by atoms with Gasteiger partial charge in [0.15, 0.2) is 0 Å². The number of amides is 1. The fourth-order valence-electron chi connectivity index (χ4n) is 4.09. The molecule has 1 aliphatic rings. The highest BCUT2D eigenvalue weighted by atomic mass is 79.9. The molecule has 0 aliphatic carbocycles. The van der Waals surface area contributed by atoms with E-state index in [1.807, 2.05) is 43.3 Å². The van der Waals surface area contributed by atoms with Crippen LogP contribution in [0.25, 0.3) is 0 Å². The van der Waals surface area contributed by atoms with Crippen LogP contribution in [0.1, 0.15) is 60.6 Å². The van der Waals surface area contributed by atoms with Gasteiger partial charge >= 0.3 is 0 Å². The summed E-state index contributed by atoms with van der Waals surface area (Å²) in [7, 11) is 0. The lowest BCUT2D eigenvalue weighted by atomic mass is 9.85. The second-order valence-electron chi connectivity index (χ2n) is 7.95. The molecule has 0 aromatic heterocycles. The van der Waals surface area contributed by atoms with Crippen molar-refractivity contribution >= 4 is 21.8 Å². The molecule has 3 rings (SSSR count). The van der Waals surface area contributed by atoms with E-state index in [2.05, 4.69) is 52.1 Å². The second-order valence-corrected chi connectivity index (χ2v) is 8.80. The van der Waals surface area contributed by atoms with E-state index in [0.717, 1.165) is 28.7 Å². The summed E-state index contributed by atoms with van der Waals surface area (Å²) in [5.74, 6) is -0.0288. The average molecular weight is 429 g/mol. The van der Waals surface area contributed by atoms with Crippen molar-refractivity contribution in [2.24, 2.45) is 0 Å². The summed E-state index contributed by atoms with van der Waals surface area (Å²) in [6, 6.07) is 16.1. The Morgan fingerprint density at radius 3 is 2.33 bits per heavy atom. The SMILES string of the molecule is Cc1cccc(Br)c1C(=O)NC(c1ccccc1)C(C)(C)N1CCCCC1. The van der Waals surface area contributed by atoms with E-state index in [9.17, 15) is 4.79 Å². The highest BCUT2D eigenvalue weighted by Crippen LogP contribution is 2.34. The van der Waals surface area contributed by atoms with Gasteiger partial charge in [0.1, 0.15) is 0 Å². The minimum Gasteiger partial charge on any atom is -0.343 e. The van der Waals surface area contributed by atoms with Crippen LogP contribution in [0.3, 0.4) is 0 Å². The fourth-order valence-corrected chi connectivity index (χ4v) is 4.73. The van der Waals surface area contributed by atoms with Crippen LogP contribution in [0, 0.1) is 6.92 Å². The van der Waals surface area contributed by atoms with Gasteiger partial charge in [0.25, 0.3) is 5.91 Å². The van der Waals surface area contributed by atoms with Crippen LogP contribution >= 0.6 is 15.9 Å². The van der Waals surface area contributed by atoms with E-state index >= 15 is 0 Å². The molecule has 1 fully saturated rings. The lowest BCUT2D eigenvalue weighted by Gasteiger charge is -2.46. The monoisotopic (exact) mass is 428 g/mol. The Morgan fingerprint density at radius 1 is 1.04 bits per heavy atom. The molecule has 4 heteroatoms. The van der Waals surface area contributed by atoms with E-state index in [1.165, 1.54) is 19.3 Å². The van der Waals surface area contributed by atoms with Crippen LogP contribution in [-0.4, -0.2) is 29.4 Å². The molecule has 0 bridgehead atoms. The van der Waals surface area contributed by atoms with Crippen molar-refractivity contribution in [3.05, 3.63) is 69.7 Å². The summed E-state index contributed by atoms with van der Waals surface area (Å²) >= 11 is 3.55. The van der Waals surface area contributed by atoms with E-state index in [4.69, 9.17) is 0 Å². The van der Waals surface area contributed by atoms with Crippen molar-refractivity contribution in [1.82, 2.24) is 10.2 Å². The minimum atomic E-state index is -0.174. The second kappa shape index (κ2) is 8.57. The number of nitrogens with one attached hydrogen (secondary N) is 1. The topological polar surface area (TPSA) is 32.3 Å². The summed E-state index contributed by atoms with van der Waals surface area (Å²) in [6.45, 7) is 8.65. The number of hydrogen-bond acceptors (Lipinski definition) is 2. The van der Waals surface area contributed by atoms with Crippen molar-refractivity contribution in [2.45, 2.75) is 51.6 Å². The van der Waals surface area contributed by atoms with Gasteiger partial charge in [-0.3, -0.25) is 9.69 Å². The third-order valence-corrected chi connectivity index (χ3v) is 6.40. The smallest absolute Gasteiger partial charge is 0.253 e. The normalized spacial score (nSPS) is 16.7. The predicted octanol–water partition coefficient (Wildman–Crippen LogP) is 5.49. The Kier molecular flexibility index (Phi) is 6.38. The number of benzene rings is 2. The number of nitrogens with zero attached hydrogens (tertiary/aromatic N) is 1. The fraction of sp³-hybridized carbons (Fsp3) is 0.435. The van der Waals surface area contributed by atoms with Crippen molar-refractivity contribution in [2.75, 3.05) is 13.1 Å². The van der Waals surface area contributed by atoms with Crippen LogP contribution < -0.4 is 5.32 Å². The third kappa shape index (κ3) is 4.44. The maximum absolute atomic E-state index is 13.2. The number of piperidine rings is 1. The standard InChI is InChI=1S/C23H29BrN2O/c1-17-11-10-14-19(24)20(17)22(27)25-21(18-12-6-4-7-13-18)23(2,3)26-15-8-5-9-16-26/h4,6-7,10-14,21H,5,8-9,15-16H2,1-3H3,(H,25,27). The molecular weight excluding hydrogens is 400 g/mol. The van der Waals surface area contributed by atoms with Gasteiger partial charge in [-0.2, -0.15) is 0 Å².